The Kier molecular flexibility index (Phi) is 5.51. The topological polar surface area (TPSA) is 44.4 Å². The van der Waals surface area contributed by atoms with Gasteiger partial charge in [-0.3, -0.25) is 0 Å². The lowest BCUT2D eigenvalue weighted by Gasteiger charge is -2.12. The van der Waals surface area contributed by atoms with E-state index in [4.69, 9.17) is 0 Å². The molecule has 0 radical (unpaired) electrons. The van der Waals surface area contributed by atoms with E-state index in [0.29, 0.717) is 25.2 Å². The number of carbonyl (C=O) groups is 1. The summed E-state index contributed by atoms with van der Waals surface area (Å²) in [6, 6.07) is 3.61. The predicted molar refractivity (Wildman–Crippen MR) is 65.2 cm³/mol. The van der Waals surface area contributed by atoms with Crippen molar-refractivity contribution in [2.24, 2.45) is 0 Å². The largest absolute Gasteiger partial charge is 0.337 e. The van der Waals surface area contributed by atoms with Gasteiger partial charge < -0.3 is 15.5 Å². The maximum atomic E-state index is 12.9. The van der Waals surface area contributed by atoms with Crippen molar-refractivity contribution in [3.63, 3.8) is 0 Å². The van der Waals surface area contributed by atoms with Crippen LogP contribution >= 0.6 is 0 Å². The van der Waals surface area contributed by atoms with Gasteiger partial charge in [0.25, 0.3) is 0 Å². The number of benzene rings is 1. The maximum Gasteiger partial charge on any atom is 0.316 e. The molecule has 1 aromatic rings. The van der Waals surface area contributed by atoms with Crippen LogP contribution in [0.5, 0.6) is 0 Å². The number of amides is 2. The second-order valence-electron chi connectivity index (χ2n) is 4.05. The van der Waals surface area contributed by atoms with E-state index in [9.17, 15) is 13.6 Å². The van der Waals surface area contributed by atoms with Crippen LogP contribution in [0.1, 0.15) is 5.56 Å². The van der Waals surface area contributed by atoms with Crippen molar-refractivity contribution < 1.29 is 13.6 Å². The molecule has 0 aliphatic rings. The minimum atomic E-state index is -0.852. The van der Waals surface area contributed by atoms with E-state index < -0.39 is 11.6 Å². The Morgan fingerprint density at radius 3 is 2.56 bits per heavy atom. The molecule has 4 nitrogen and oxygen atoms in total. The van der Waals surface area contributed by atoms with Crippen molar-refractivity contribution in [1.29, 1.82) is 0 Å². The van der Waals surface area contributed by atoms with Crippen LogP contribution in [-0.4, -0.2) is 38.1 Å². The van der Waals surface area contributed by atoms with Crippen molar-refractivity contribution >= 4 is 6.03 Å². The summed E-state index contributed by atoms with van der Waals surface area (Å²) in [4.78, 5) is 12.6. The molecular weight excluding hydrogens is 240 g/mol. The van der Waals surface area contributed by atoms with Gasteiger partial charge in [-0.05, 0) is 17.7 Å². The Balaban J connectivity index is 2.22. The Labute approximate surface area is 105 Å². The van der Waals surface area contributed by atoms with Gasteiger partial charge in [-0.2, -0.15) is 0 Å². The molecule has 0 atom stereocenters. The standard InChI is InChI=1S/C12H17F2N3O/c1-17(2)12(18)16-6-5-15-8-9-3-4-10(13)11(14)7-9/h3-4,7,15H,5-6,8H2,1-2H3,(H,16,18). The average Bonchev–Trinajstić information content (AvgIpc) is 2.32. The molecule has 100 valence electrons. The molecule has 0 aromatic heterocycles. The van der Waals surface area contributed by atoms with Crippen LogP contribution in [0, 0.1) is 11.6 Å². The molecule has 6 heteroatoms. The van der Waals surface area contributed by atoms with E-state index in [-0.39, 0.29) is 6.03 Å². The van der Waals surface area contributed by atoms with E-state index >= 15 is 0 Å². The van der Waals surface area contributed by atoms with Crippen molar-refractivity contribution in [1.82, 2.24) is 15.5 Å². The van der Waals surface area contributed by atoms with Crippen molar-refractivity contribution in [3.8, 4) is 0 Å². The molecule has 2 amide bonds. The van der Waals surface area contributed by atoms with Gasteiger partial charge in [0.05, 0.1) is 0 Å². The quantitative estimate of drug-likeness (QED) is 0.781. The van der Waals surface area contributed by atoms with Gasteiger partial charge in [-0.15, -0.1) is 0 Å². The number of hydrogen-bond donors (Lipinski definition) is 2. The summed E-state index contributed by atoms with van der Waals surface area (Å²) >= 11 is 0. The van der Waals surface area contributed by atoms with E-state index in [1.54, 1.807) is 14.1 Å². The molecule has 0 spiro atoms. The fourth-order valence-corrected chi connectivity index (χ4v) is 1.30. The Morgan fingerprint density at radius 1 is 1.22 bits per heavy atom. The first-order valence-corrected chi connectivity index (χ1v) is 5.60. The van der Waals surface area contributed by atoms with Crippen LogP contribution in [0.4, 0.5) is 13.6 Å². The third-order valence-electron chi connectivity index (χ3n) is 2.30. The summed E-state index contributed by atoms with van der Waals surface area (Å²) in [5.41, 5.74) is 0.660. The highest BCUT2D eigenvalue weighted by atomic mass is 19.2. The minimum Gasteiger partial charge on any atom is -0.337 e. The van der Waals surface area contributed by atoms with Gasteiger partial charge in [0.15, 0.2) is 11.6 Å². The lowest BCUT2D eigenvalue weighted by atomic mass is 10.2. The van der Waals surface area contributed by atoms with Crippen LogP contribution in [0.25, 0.3) is 0 Å². The van der Waals surface area contributed by atoms with Gasteiger partial charge in [-0.25, -0.2) is 13.6 Å². The van der Waals surface area contributed by atoms with Gasteiger partial charge in [0.1, 0.15) is 0 Å². The summed E-state index contributed by atoms with van der Waals surface area (Å²) in [7, 11) is 3.31. The van der Waals surface area contributed by atoms with Crippen LogP contribution in [0.3, 0.4) is 0 Å². The highest BCUT2D eigenvalue weighted by Gasteiger charge is 2.03. The Bertz CT molecular complexity index is 410. The molecule has 0 saturated carbocycles. The Hall–Kier alpha value is -1.69. The summed E-state index contributed by atoms with van der Waals surface area (Å²) in [5.74, 6) is -1.70. The molecule has 0 aliphatic carbocycles. The number of rotatable bonds is 5. The van der Waals surface area contributed by atoms with Gasteiger partial charge >= 0.3 is 6.03 Å². The highest BCUT2D eigenvalue weighted by Crippen LogP contribution is 2.07. The fraction of sp³-hybridized carbons (Fsp3) is 0.417. The molecule has 0 unspecified atom stereocenters. The molecule has 0 bridgehead atoms. The molecule has 0 fully saturated rings. The predicted octanol–water partition coefficient (Wildman–Crippen LogP) is 1.33. The average molecular weight is 257 g/mol. The zero-order chi connectivity index (χ0) is 13.5. The molecule has 0 saturated heterocycles. The number of nitrogens with one attached hydrogen (secondary N) is 2. The van der Waals surface area contributed by atoms with Crippen molar-refractivity contribution in [3.05, 3.63) is 35.4 Å². The number of urea groups is 1. The lowest BCUT2D eigenvalue weighted by Crippen LogP contribution is -2.38. The summed E-state index contributed by atoms with van der Waals surface area (Å²) in [5, 5.41) is 5.70. The van der Waals surface area contributed by atoms with Crippen LogP contribution in [-0.2, 0) is 6.54 Å². The smallest absolute Gasteiger partial charge is 0.316 e. The number of carbonyl (C=O) groups excluding carboxylic acids is 1. The molecule has 18 heavy (non-hydrogen) atoms. The van der Waals surface area contributed by atoms with Gasteiger partial charge in [0.2, 0.25) is 0 Å². The van der Waals surface area contributed by atoms with E-state index in [1.165, 1.54) is 11.0 Å². The van der Waals surface area contributed by atoms with Crippen LogP contribution in [0.2, 0.25) is 0 Å². The third kappa shape index (κ3) is 4.67. The second kappa shape index (κ2) is 6.90. The molecule has 0 heterocycles. The van der Waals surface area contributed by atoms with E-state index in [1.807, 2.05) is 0 Å². The third-order valence-corrected chi connectivity index (χ3v) is 2.30. The van der Waals surface area contributed by atoms with E-state index in [2.05, 4.69) is 10.6 Å². The SMILES string of the molecule is CN(C)C(=O)NCCNCc1ccc(F)c(F)c1. The van der Waals surface area contributed by atoms with Gasteiger partial charge in [-0.1, -0.05) is 6.07 Å². The highest BCUT2D eigenvalue weighted by molar-refractivity contribution is 5.73. The van der Waals surface area contributed by atoms with Crippen LogP contribution in [0.15, 0.2) is 18.2 Å². The second-order valence-corrected chi connectivity index (χ2v) is 4.05. The fourth-order valence-electron chi connectivity index (χ4n) is 1.30. The summed E-state index contributed by atoms with van der Waals surface area (Å²) in [6.07, 6.45) is 0. The first-order chi connectivity index (χ1) is 8.50. The summed E-state index contributed by atoms with van der Waals surface area (Å²) < 4.78 is 25.5. The zero-order valence-electron chi connectivity index (χ0n) is 10.5. The number of halogens is 2. The summed E-state index contributed by atoms with van der Waals surface area (Å²) in [6.45, 7) is 1.45. The number of hydrogen-bond acceptors (Lipinski definition) is 2. The molecule has 2 N–H and O–H groups in total. The minimum absolute atomic E-state index is 0.162. The van der Waals surface area contributed by atoms with Crippen LogP contribution < -0.4 is 10.6 Å². The number of nitrogens with zero attached hydrogens (tertiary/aromatic N) is 1. The molecule has 0 aliphatic heterocycles. The van der Waals surface area contributed by atoms with E-state index in [0.717, 1.165) is 12.1 Å². The lowest BCUT2D eigenvalue weighted by molar-refractivity contribution is 0.217. The monoisotopic (exact) mass is 257 g/mol. The van der Waals surface area contributed by atoms with Gasteiger partial charge in [0, 0.05) is 33.7 Å². The molecule has 1 rings (SSSR count). The Morgan fingerprint density at radius 2 is 1.94 bits per heavy atom. The first kappa shape index (κ1) is 14.4. The maximum absolute atomic E-state index is 12.9. The molecular formula is C12H17F2N3O. The van der Waals surface area contributed by atoms with Crippen molar-refractivity contribution in [2.75, 3.05) is 27.2 Å². The molecule has 1 aromatic carbocycles. The normalized spacial score (nSPS) is 10.2. The zero-order valence-corrected chi connectivity index (χ0v) is 10.5. The first-order valence-electron chi connectivity index (χ1n) is 5.60. The van der Waals surface area contributed by atoms with Crippen molar-refractivity contribution in [2.45, 2.75) is 6.54 Å².